The molecule has 1 N–H and O–H groups in total. The van der Waals surface area contributed by atoms with Crippen LogP contribution in [0.3, 0.4) is 0 Å². The standard InChI is InChI=1S/C23H21N3O5S/c1-22(2)20(29)24-14-7-3-4-8-15(14)25(22)19(28)13-31-21(30)23-12-11-18(27)26(23)16-9-5-6-10-17(16)32-23/h3-10H,11-13H2,1-2H3,(H,24,29)/t23-/m1/s1. The third-order valence-electron chi connectivity index (χ3n) is 6.08. The maximum atomic E-state index is 13.2. The van der Waals surface area contributed by atoms with Crippen LogP contribution < -0.4 is 15.1 Å². The minimum atomic E-state index is -1.20. The highest BCUT2D eigenvalue weighted by atomic mass is 32.2. The largest absolute Gasteiger partial charge is 0.453 e. The topological polar surface area (TPSA) is 96.0 Å². The molecule has 0 bridgehead atoms. The molecular weight excluding hydrogens is 430 g/mol. The number of carbonyl (C=O) groups is 4. The van der Waals surface area contributed by atoms with Crippen molar-refractivity contribution in [3.8, 4) is 0 Å². The van der Waals surface area contributed by atoms with Crippen molar-refractivity contribution in [3.63, 3.8) is 0 Å². The fourth-order valence-corrected chi connectivity index (χ4v) is 5.89. The van der Waals surface area contributed by atoms with Crippen LogP contribution in [0.1, 0.15) is 26.7 Å². The summed E-state index contributed by atoms with van der Waals surface area (Å²) in [5, 5.41) is 2.80. The van der Waals surface area contributed by atoms with Gasteiger partial charge in [0.25, 0.3) is 5.91 Å². The molecule has 3 heterocycles. The molecule has 8 nitrogen and oxygen atoms in total. The Balaban J connectivity index is 1.39. The van der Waals surface area contributed by atoms with E-state index in [1.54, 1.807) is 44.2 Å². The number of fused-ring (bicyclic) bond motifs is 4. The minimum Gasteiger partial charge on any atom is -0.453 e. The van der Waals surface area contributed by atoms with Gasteiger partial charge in [0, 0.05) is 17.7 Å². The summed E-state index contributed by atoms with van der Waals surface area (Å²) in [6, 6.07) is 14.3. The number of ether oxygens (including phenoxy) is 1. The van der Waals surface area contributed by atoms with Gasteiger partial charge >= 0.3 is 5.97 Å². The second-order valence-electron chi connectivity index (χ2n) is 8.42. The summed E-state index contributed by atoms with van der Waals surface area (Å²) < 4.78 is 5.49. The van der Waals surface area contributed by atoms with Gasteiger partial charge in [-0.1, -0.05) is 36.0 Å². The second kappa shape index (κ2) is 7.09. The lowest BCUT2D eigenvalue weighted by Crippen LogP contribution is -2.59. The minimum absolute atomic E-state index is 0.145. The van der Waals surface area contributed by atoms with Crippen molar-refractivity contribution in [2.45, 2.75) is 42.0 Å². The number of benzene rings is 2. The molecule has 3 aliphatic heterocycles. The molecule has 164 valence electrons. The number of esters is 1. The molecule has 32 heavy (non-hydrogen) atoms. The van der Waals surface area contributed by atoms with Crippen molar-refractivity contribution in [2.24, 2.45) is 0 Å². The van der Waals surface area contributed by atoms with Crippen LogP contribution in [0.5, 0.6) is 0 Å². The Labute approximate surface area is 188 Å². The van der Waals surface area contributed by atoms with Crippen molar-refractivity contribution in [1.29, 1.82) is 0 Å². The van der Waals surface area contributed by atoms with Crippen LogP contribution in [0, 0.1) is 0 Å². The SMILES string of the molecule is CC1(C)C(=O)Nc2ccccc2N1C(=O)COC(=O)[C@]12CCC(=O)N1c1ccccc1S2. The number of carbonyl (C=O) groups excluding carboxylic acids is 4. The van der Waals surface area contributed by atoms with Crippen LogP contribution in [0.15, 0.2) is 53.4 Å². The fourth-order valence-electron chi connectivity index (χ4n) is 4.48. The molecule has 2 aromatic rings. The molecule has 9 heteroatoms. The number of amides is 3. The maximum absolute atomic E-state index is 13.2. The molecule has 2 aromatic carbocycles. The number of hydrogen-bond acceptors (Lipinski definition) is 6. The van der Waals surface area contributed by atoms with Crippen LogP contribution in [0.2, 0.25) is 0 Å². The van der Waals surface area contributed by atoms with Crippen LogP contribution in [-0.2, 0) is 23.9 Å². The summed E-state index contributed by atoms with van der Waals surface area (Å²) >= 11 is 1.28. The first kappa shape index (κ1) is 20.6. The van der Waals surface area contributed by atoms with Gasteiger partial charge in [-0.15, -0.1) is 0 Å². The summed E-state index contributed by atoms with van der Waals surface area (Å²) in [4.78, 5) is 54.1. The zero-order valence-electron chi connectivity index (χ0n) is 17.6. The first-order valence-corrected chi connectivity index (χ1v) is 11.1. The normalized spacial score (nSPS) is 22.7. The van der Waals surface area contributed by atoms with E-state index in [2.05, 4.69) is 5.32 Å². The predicted molar refractivity (Wildman–Crippen MR) is 119 cm³/mol. The van der Waals surface area contributed by atoms with Crippen molar-refractivity contribution in [2.75, 3.05) is 21.7 Å². The van der Waals surface area contributed by atoms with Gasteiger partial charge in [-0.2, -0.15) is 0 Å². The van der Waals surface area contributed by atoms with E-state index in [1.807, 2.05) is 18.2 Å². The fraction of sp³-hybridized carbons (Fsp3) is 0.304. The Morgan fingerprint density at radius 1 is 1.06 bits per heavy atom. The highest BCUT2D eigenvalue weighted by molar-refractivity contribution is 8.02. The average molecular weight is 452 g/mol. The molecule has 0 saturated carbocycles. The van der Waals surface area contributed by atoms with Crippen molar-refractivity contribution in [1.82, 2.24) is 0 Å². The molecule has 0 aromatic heterocycles. The number of rotatable bonds is 3. The van der Waals surface area contributed by atoms with Gasteiger partial charge in [-0.3, -0.25) is 24.2 Å². The zero-order valence-corrected chi connectivity index (χ0v) is 18.4. The summed E-state index contributed by atoms with van der Waals surface area (Å²) in [7, 11) is 0. The van der Waals surface area contributed by atoms with Gasteiger partial charge in [-0.05, 0) is 38.1 Å². The Kier molecular flexibility index (Phi) is 4.56. The van der Waals surface area contributed by atoms with Crippen LogP contribution >= 0.6 is 11.8 Å². The van der Waals surface area contributed by atoms with E-state index < -0.39 is 28.9 Å². The average Bonchev–Trinajstić information content (AvgIpc) is 3.28. The molecule has 0 aliphatic carbocycles. The third-order valence-corrected chi connectivity index (χ3v) is 7.53. The smallest absolute Gasteiger partial charge is 0.344 e. The number of thioether (sulfide) groups is 1. The van der Waals surface area contributed by atoms with Crippen molar-refractivity contribution >= 4 is 52.5 Å². The van der Waals surface area contributed by atoms with E-state index in [1.165, 1.54) is 21.6 Å². The first-order chi connectivity index (χ1) is 15.3. The maximum Gasteiger partial charge on any atom is 0.344 e. The van der Waals surface area contributed by atoms with Gasteiger partial charge in [-0.25, -0.2) is 4.79 Å². The molecule has 0 spiro atoms. The van der Waals surface area contributed by atoms with E-state index in [9.17, 15) is 19.2 Å². The number of nitrogens with zero attached hydrogens (tertiary/aromatic N) is 2. The summed E-state index contributed by atoms with van der Waals surface area (Å²) in [6.45, 7) is 2.74. The lowest BCUT2D eigenvalue weighted by molar-refractivity contribution is -0.150. The lowest BCUT2D eigenvalue weighted by atomic mass is 9.96. The Hall–Kier alpha value is -3.33. The number of para-hydroxylation sites is 3. The molecule has 5 rings (SSSR count). The summed E-state index contributed by atoms with van der Waals surface area (Å²) in [5.74, 6) is -1.62. The zero-order chi connectivity index (χ0) is 22.7. The number of nitrogens with one attached hydrogen (secondary N) is 1. The van der Waals surface area contributed by atoms with Crippen molar-refractivity contribution in [3.05, 3.63) is 48.5 Å². The molecule has 1 saturated heterocycles. The van der Waals surface area contributed by atoms with Gasteiger partial charge in [0.2, 0.25) is 11.8 Å². The highest BCUT2D eigenvalue weighted by Crippen LogP contribution is 2.56. The third kappa shape index (κ3) is 2.84. The van der Waals surface area contributed by atoms with Crippen LogP contribution in [0.25, 0.3) is 0 Å². The van der Waals surface area contributed by atoms with Gasteiger partial charge in [0.15, 0.2) is 11.5 Å². The van der Waals surface area contributed by atoms with Gasteiger partial charge in [0.05, 0.1) is 17.1 Å². The van der Waals surface area contributed by atoms with Gasteiger partial charge < -0.3 is 10.1 Å². The van der Waals surface area contributed by atoms with Gasteiger partial charge in [0.1, 0.15) is 5.54 Å². The Bertz CT molecular complexity index is 1180. The number of anilines is 3. The number of hydrogen-bond donors (Lipinski definition) is 1. The molecule has 0 radical (unpaired) electrons. The quantitative estimate of drug-likeness (QED) is 0.721. The van der Waals surface area contributed by atoms with Crippen LogP contribution in [-0.4, -0.2) is 40.7 Å². The molecule has 0 unspecified atom stereocenters. The monoisotopic (exact) mass is 451 g/mol. The molecular formula is C23H21N3O5S. The lowest BCUT2D eigenvalue weighted by Gasteiger charge is -2.42. The molecule has 1 atom stereocenters. The first-order valence-electron chi connectivity index (χ1n) is 10.3. The molecule has 3 amide bonds. The Morgan fingerprint density at radius 2 is 1.75 bits per heavy atom. The van der Waals surface area contributed by atoms with E-state index >= 15 is 0 Å². The van der Waals surface area contributed by atoms with E-state index in [0.717, 1.165) is 4.90 Å². The van der Waals surface area contributed by atoms with E-state index in [-0.39, 0.29) is 18.2 Å². The summed E-state index contributed by atoms with van der Waals surface area (Å²) in [6.07, 6.45) is 0.537. The van der Waals surface area contributed by atoms with E-state index in [4.69, 9.17) is 4.74 Å². The highest BCUT2D eigenvalue weighted by Gasteiger charge is 2.58. The Morgan fingerprint density at radius 3 is 2.53 bits per heavy atom. The van der Waals surface area contributed by atoms with Crippen molar-refractivity contribution < 1.29 is 23.9 Å². The van der Waals surface area contributed by atoms with E-state index in [0.29, 0.717) is 23.5 Å². The summed E-state index contributed by atoms with van der Waals surface area (Å²) in [5.41, 5.74) is 0.580. The second-order valence-corrected chi connectivity index (χ2v) is 9.74. The predicted octanol–water partition coefficient (Wildman–Crippen LogP) is 2.92. The van der Waals surface area contributed by atoms with Crippen LogP contribution in [0.4, 0.5) is 17.1 Å². The molecule has 1 fully saturated rings. The molecule has 3 aliphatic rings.